The molecule has 0 unspecified atom stereocenters. The van der Waals surface area contributed by atoms with E-state index < -0.39 is 0 Å². The van der Waals surface area contributed by atoms with Crippen LogP contribution in [0.25, 0.3) is 11.4 Å². The van der Waals surface area contributed by atoms with Gasteiger partial charge in [-0.05, 0) is 24.3 Å². The smallest absolute Gasteiger partial charge is 0.251 e. The van der Waals surface area contributed by atoms with E-state index in [0.717, 1.165) is 17.7 Å². The number of aromatic nitrogens is 4. The molecule has 0 aliphatic heterocycles. The summed E-state index contributed by atoms with van der Waals surface area (Å²) in [6, 6.07) is 6.94. The van der Waals surface area contributed by atoms with Gasteiger partial charge in [-0.3, -0.25) is 4.79 Å². The van der Waals surface area contributed by atoms with Gasteiger partial charge in [0.05, 0.1) is 6.61 Å². The maximum Gasteiger partial charge on any atom is 0.251 e. The number of ether oxygens (including phenoxy) is 1. The van der Waals surface area contributed by atoms with E-state index in [1.54, 1.807) is 24.3 Å². The minimum Gasteiger partial charge on any atom is -0.380 e. The second kappa shape index (κ2) is 9.06. The molecule has 0 aliphatic rings. The number of thiol groups is 1. The molecule has 1 aromatic heterocycles. The van der Waals surface area contributed by atoms with E-state index in [0.29, 0.717) is 31.1 Å². The minimum absolute atomic E-state index is 0.144. The van der Waals surface area contributed by atoms with E-state index in [2.05, 4.69) is 38.3 Å². The number of hydrogen-bond acceptors (Lipinski definition) is 7. The van der Waals surface area contributed by atoms with Crippen LogP contribution in [0.2, 0.25) is 0 Å². The number of nitrogens with one attached hydrogen (secondary N) is 1. The highest BCUT2D eigenvalue weighted by atomic mass is 32.1. The van der Waals surface area contributed by atoms with Gasteiger partial charge in [-0.1, -0.05) is 12.1 Å². The molecule has 0 spiro atoms. The molecule has 1 heterocycles. The van der Waals surface area contributed by atoms with Gasteiger partial charge in [0.15, 0.2) is 6.33 Å². The molecule has 116 valence electrons. The van der Waals surface area contributed by atoms with E-state index in [9.17, 15) is 4.79 Å². The van der Waals surface area contributed by atoms with Crippen molar-refractivity contribution in [3.05, 3.63) is 36.2 Å². The summed E-state index contributed by atoms with van der Waals surface area (Å²) in [5.41, 5.74) is 1.32. The average molecular weight is 319 g/mol. The predicted octanol–water partition coefficient (Wildman–Crippen LogP) is 1.000. The van der Waals surface area contributed by atoms with Gasteiger partial charge >= 0.3 is 0 Å². The van der Waals surface area contributed by atoms with E-state index in [-0.39, 0.29) is 5.91 Å². The quantitative estimate of drug-likeness (QED) is 0.557. The standard InChI is InChI=1S/C14H17N5O2S/c20-14(15-6-8-21-7-1-9-22)12-4-2-11(3-5-12)13-18-16-10-17-19-13/h2-5,10,22H,1,6-9H2,(H,15,20). The summed E-state index contributed by atoms with van der Waals surface area (Å²) in [6.07, 6.45) is 2.17. The van der Waals surface area contributed by atoms with Crippen LogP contribution in [0.1, 0.15) is 16.8 Å². The molecular weight excluding hydrogens is 302 g/mol. The van der Waals surface area contributed by atoms with Crippen LogP contribution in [0.4, 0.5) is 0 Å². The molecule has 0 saturated heterocycles. The van der Waals surface area contributed by atoms with Gasteiger partial charge in [-0.2, -0.15) is 12.6 Å². The highest BCUT2D eigenvalue weighted by molar-refractivity contribution is 7.80. The Morgan fingerprint density at radius 1 is 1.14 bits per heavy atom. The minimum atomic E-state index is -0.144. The Kier molecular flexibility index (Phi) is 6.72. The zero-order chi connectivity index (χ0) is 15.6. The van der Waals surface area contributed by atoms with Gasteiger partial charge in [0, 0.05) is 24.3 Å². The van der Waals surface area contributed by atoms with Gasteiger partial charge in [0.25, 0.3) is 5.91 Å². The van der Waals surface area contributed by atoms with E-state index >= 15 is 0 Å². The monoisotopic (exact) mass is 319 g/mol. The molecule has 0 aliphatic carbocycles. The van der Waals surface area contributed by atoms with Gasteiger partial charge in [-0.15, -0.1) is 20.4 Å². The molecule has 0 atom stereocenters. The molecular formula is C14H17N5O2S. The Morgan fingerprint density at radius 3 is 2.55 bits per heavy atom. The molecule has 2 rings (SSSR count). The van der Waals surface area contributed by atoms with Crippen LogP contribution >= 0.6 is 12.6 Å². The fourth-order valence-electron chi connectivity index (χ4n) is 1.70. The molecule has 1 N–H and O–H groups in total. The van der Waals surface area contributed by atoms with Crippen LogP contribution in [-0.4, -0.2) is 51.8 Å². The van der Waals surface area contributed by atoms with Crippen LogP contribution in [0.5, 0.6) is 0 Å². The molecule has 1 aromatic carbocycles. The van der Waals surface area contributed by atoms with E-state index in [1.165, 1.54) is 6.33 Å². The first-order valence-corrected chi connectivity index (χ1v) is 7.52. The summed E-state index contributed by atoms with van der Waals surface area (Å²) in [4.78, 5) is 11.9. The maximum absolute atomic E-state index is 11.9. The van der Waals surface area contributed by atoms with E-state index in [1.807, 2.05) is 0 Å². The SMILES string of the molecule is O=C(NCCOCCCS)c1ccc(-c2nncnn2)cc1. The van der Waals surface area contributed by atoms with Gasteiger partial charge in [0.2, 0.25) is 5.82 Å². The lowest BCUT2D eigenvalue weighted by Crippen LogP contribution is -2.27. The first kappa shape index (κ1) is 16.3. The number of benzene rings is 1. The second-order valence-corrected chi connectivity index (χ2v) is 4.84. The molecule has 8 heteroatoms. The third-order valence-electron chi connectivity index (χ3n) is 2.79. The Balaban J connectivity index is 1.81. The van der Waals surface area contributed by atoms with Crippen molar-refractivity contribution in [3.63, 3.8) is 0 Å². The van der Waals surface area contributed by atoms with Crippen molar-refractivity contribution in [1.82, 2.24) is 25.7 Å². The first-order chi connectivity index (χ1) is 10.8. The normalized spacial score (nSPS) is 10.4. The van der Waals surface area contributed by atoms with Crippen LogP contribution in [0.3, 0.4) is 0 Å². The third-order valence-corrected chi connectivity index (χ3v) is 3.11. The Hall–Kier alpha value is -2.06. The van der Waals surface area contributed by atoms with Crippen molar-refractivity contribution in [2.75, 3.05) is 25.5 Å². The number of amides is 1. The molecule has 22 heavy (non-hydrogen) atoms. The lowest BCUT2D eigenvalue weighted by molar-refractivity contribution is 0.0916. The number of carbonyl (C=O) groups is 1. The third kappa shape index (κ3) is 5.05. The molecule has 0 fully saturated rings. The van der Waals surface area contributed by atoms with Crippen molar-refractivity contribution in [2.24, 2.45) is 0 Å². The van der Waals surface area contributed by atoms with Crippen LogP contribution in [-0.2, 0) is 4.74 Å². The van der Waals surface area contributed by atoms with Gasteiger partial charge in [-0.25, -0.2) is 0 Å². The van der Waals surface area contributed by atoms with Gasteiger partial charge in [0.1, 0.15) is 0 Å². The number of nitrogens with zero attached hydrogens (tertiary/aromatic N) is 4. The highest BCUT2D eigenvalue weighted by Gasteiger charge is 2.06. The molecule has 0 radical (unpaired) electrons. The summed E-state index contributed by atoms with van der Waals surface area (Å²) < 4.78 is 5.34. The van der Waals surface area contributed by atoms with Crippen molar-refractivity contribution in [3.8, 4) is 11.4 Å². The zero-order valence-corrected chi connectivity index (χ0v) is 12.9. The highest BCUT2D eigenvalue weighted by Crippen LogP contribution is 2.13. The summed E-state index contributed by atoms with van der Waals surface area (Å²) >= 11 is 4.09. The average Bonchev–Trinajstić information content (AvgIpc) is 2.59. The Morgan fingerprint density at radius 2 is 1.86 bits per heavy atom. The van der Waals surface area contributed by atoms with Crippen molar-refractivity contribution in [1.29, 1.82) is 0 Å². The number of carbonyl (C=O) groups excluding carboxylic acids is 1. The second-order valence-electron chi connectivity index (χ2n) is 4.39. The molecule has 0 bridgehead atoms. The zero-order valence-electron chi connectivity index (χ0n) is 12.0. The fraction of sp³-hybridized carbons (Fsp3) is 0.357. The van der Waals surface area contributed by atoms with Crippen molar-refractivity contribution >= 4 is 18.5 Å². The fourth-order valence-corrected chi connectivity index (χ4v) is 1.83. The van der Waals surface area contributed by atoms with Crippen molar-refractivity contribution < 1.29 is 9.53 Å². The van der Waals surface area contributed by atoms with Crippen LogP contribution < -0.4 is 5.32 Å². The van der Waals surface area contributed by atoms with Crippen LogP contribution in [0, 0.1) is 0 Å². The lowest BCUT2D eigenvalue weighted by Gasteiger charge is -2.06. The Labute approximate surface area is 133 Å². The van der Waals surface area contributed by atoms with E-state index in [4.69, 9.17) is 4.74 Å². The first-order valence-electron chi connectivity index (χ1n) is 6.89. The Bertz CT molecular complexity index is 580. The molecule has 0 saturated carbocycles. The molecule has 7 nitrogen and oxygen atoms in total. The number of rotatable bonds is 8. The number of hydrogen-bond donors (Lipinski definition) is 2. The lowest BCUT2D eigenvalue weighted by atomic mass is 10.1. The van der Waals surface area contributed by atoms with Crippen molar-refractivity contribution in [2.45, 2.75) is 6.42 Å². The summed E-state index contributed by atoms with van der Waals surface area (Å²) in [5.74, 6) is 1.08. The predicted molar refractivity (Wildman–Crippen MR) is 84.7 cm³/mol. The molecule has 2 aromatic rings. The summed E-state index contributed by atoms with van der Waals surface area (Å²) in [6.45, 7) is 1.63. The largest absolute Gasteiger partial charge is 0.380 e. The topological polar surface area (TPSA) is 89.9 Å². The van der Waals surface area contributed by atoms with Crippen LogP contribution in [0.15, 0.2) is 30.6 Å². The molecule has 1 amide bonds. The van der Waals surface area contributed by atoms with Gasteiger partial charge < -0.3 is 10.1 Å². The summed E-state index contributed by atoms with van der Waals surface area (Å²) in [7, 11) is 0. The summed E-state index contributed by atoms with van der Waals surface area (Å²) in [5, 5.41) is 17.9. The maximum atomic E-state index is 11.9.